The van der Waals surface area contributed by atoms with Crippen LogP contribution in [0.1, 0.15) is 39.2 Å². The zero-order valence-corrected chi connectivity index (χ0v) is 12.0. The number of rotatable bonds is 4. The fourth-order valence-electron chi connectivity index (χ4n) is 2.33. The number of H-pyrrole nitrogens is 1. The molecule has 0 aliphatic carbocycles. The average Bonchev–Trinajstić information content (AvgIpc) is 2.63. The van der Waals surface area contributed by atoms with E-state index in [9.17, 15) is 4.39 Å². The van der Waals surface area contributed by atoms with E-state index in [2.05, 4.69) is 23.4 Å². The molecule has 98 valence electrons. The smallest absolute Gasteiger partial charge is 0.178 e. The predicted molar refractivity (Wildman–Crippen MR) is 76.3 cm³/mol. The van der Waals surface area contributed by atoms with Crippen molar-refractivity contribution < 1.29 is 4.39 Å². The van der Waals surface area contributed by atoms with Crippen molar-refractivity contribution in [2.75, 3.05) is 0 Å². The lowest BCUT2D eigenvalue weighted by Crippen LogP contribution is -2.07. The Morgan fingerprint density at radius 2 is 2.17 bits per heavy atom. The van der Waals surface area contributed by atoms with E-state index in [0.29, 0.717) is 16.3 Å². The van der Waals surface area contributed by atoms with Crippen molar-refractivity contribution in [2.45, 2.75) is 39.2 Å². The fourth-order valence-corrected chi connectivity index (χ4v) is 2.85. The van der Waals surface area contributed by atoms with Crippen LogP contribution in [0.2, 0.25) is 5.02 Å². The molecule has 0 saturated carbocycles. The van der Waals surface area contributed by atoms with Crippen LogP contribution in [-0.4, -0.2) is 9.55 Å². The van der Waals surface area contributed by atoms with E-state index in [4.69, 9.17) is 23.8 Å². The first-order valence-electron chi connectivity index (χ1n) is 6.17. The van der Waals surface area contributed by atoms with Gasteiger partial charge in [0, 0.05) is 12.1 Å². The summed E-state index contributed by atoms with van der Waals surface area (Å²) in [6.07, 6.45) is 3.12. The molecular weight excluding hydrogens is 271 g/mol. The van der Waals surface area contributed by atoms with Crippen LogP contribution in [0, 0.1) is 10.6 Å². The first-order valence-corrected chi connectivity index (χ1v) is 6.96. The van der Waals surface area contributed by atoms with Crippen LogP contribution in [0.25, 0.3) is 11.0 Å². The molecule has 0 spiro atoms. The van der Waals surface area contributed by atoms with E-state index in [1.165, 1.54) is 6.07 Å². The number of fused-ring (bicyclic) bond motifs is 1. The molecule has 2 rings (SSSR count). The maximum atomic E-state index is 13.4. The lowest BCUT2D eigenvalue weighted by Gasteiger charge is -2.17. The van der Waals surface area contributed by atoms with Crippen molar-refractivity contribution in [3.8, 4) is 0 Å². The van der Waals surface area contributed by atoms with E-state index < -0.39 is 5.82 Å². The van der Waals surface area contributed by atoms with Gasteiger partial charge in [0.2, 0.25) is 0 Å². The van der Waals surface area contributed by atoms with Crippen molar-refractivity contribution in [2.24, 2.45) is 0 Å². The largest absolute Gasteiger partial charge is 0.330 e. The third-order valence-corrected chi connectivity index (χ3v) is 3.81. The van der Waals surface area contributed by atoms with Gasteiger partial charge < -0.3 is 9.55 Å². The Morgan fingerprint density at radius 1 is 1.44 bits per heavy atom. The number of nitrogens with one attached hydrogen (secondary N) is 1. The quantitative estimate of drug-likeness (QED) is 0.762. The lowest BCUT2D eigenvalue weighted by atomic mass is 10.1. The molecule has 0 aliphatic rings. The first-order chi connectivity index (χ1) is 8.58. The minimum Gasteiger partial charge on any atom is -0.330 e. The minimum atomic E-state index is -0.420. The Kier molecular flexibility index (Phi) is 4.07. The summed E-state index contributed by atoms with van der Waals surface area (Å²) in [5, 5.41) is 0.136. The SMILES string of the molecule is CCCC(CC)n1c(=S)[nH]c2cc(F)c(Cl)cc21. The van der Waals surface area contributed by atoms with Gasteiger partial charge in [-0.05, 0) is 31.1 Å². The molecule has 2 nitrogen and oxygen atoms in total. The number of aromatic amines is 1. The second-order valence-corrected chi connectivity index (χ2v) is 5.23. The van der Waals surface area contributed by atoms with Crippen LogP contribution < -0.4 is 0 Å². The van der Waals surface area contributed by atoms with E-state index in [-0.39, 0.29) is 5.02 Å². The molecule has 1 atom stereocenters. The van der Waals surface area contributed by atoms with Crippen LogP contribution >= 0.6 is 23.8 Å². The molecule has 0 saturated heterocycles. The number of halogens is 2. The summed E-state index contributed by atoms with van der Waals surface area (Å²) in [5.74, 6) is -0.420. The molecule has 0 fully saturated rings. The number of hydrogen-bond acceptors (Lipinski definition) is 1. The highest BCUT2D eigenvalue weighted by atomic mass is 35.5. The van der Waals surface area contributed by atoms with Crippen molar-refractivity contribution in [1.82, 2.24) is 9.55 Å². The van der Waals surface area contributed by atoms with Crippen LogP contribution in [-0.2, 0) is 0 Å². The number of aromatic nitrogens is 2. The first kappa shape index (κ1) is 13.6. The molecular formula is C13H16ClFN2S. The Morgan fingerprint density at radius 3 is 2.78 bits per heavy atom. The zero-order valence-electron chi connectivity index (χ0n) is 10.5. The molecule has 1 aromatic heterocycles. The Bertz CT molecular complexity index is 617. The highest BCUT2D eigenvalue weighted by Gasteiger charge is 2.15. The molecule has 18 heavy (non-hydrogen) atoms. The fraction of sp³-hybridized carbons (Fsp3) is 0.462. The molecule has 5 heteroatoms. The summed E-state index contributed by atoms with van der Waals surface area (Å²) in [5.41, 5.74) is 1.59. The highest BCUT2D eigenvalue weighted by molar-refractivity contribution is 7.71. The van der Waals surface area contributed by atoms with Crippen LogP contribution in [0.4, 0.5) is 4.39 Å². The summed E-state index contributed by atoms with van der Waals surface area (Å²) >= 11 is 11.2. The third kappa shape index (κ3) is 2.31. The highest BCUT2D eigenvalue weighted by Crippen LogP contribution is 2.28. The van der Waals surface area contributed by atoms with E-state index >= 15 is 0 Å². The molecule has 0 amide bonds. The van der Waals surface area contributed by atoms with E-state index in [0.717, 1.165) is 24.8 Å². The van der Waals surface area contributed by atoms with Gasteiger partial charge in [0.25, 0.3) is 0 Å². The van der Waals surface area contributed by atoms with Gasteiger partial charge in [0.05, 0.1) is 16.1 Å². The van der Waals surface area contributed by atoms with Crippen LogP contribution in [0.3, 0.4) is 0 Å². The molecule has 1 heterocycles. The zero-order chi connectivity index (χ0) is 13.3. The van der Waals surface area contributed by atoms with E-state index in [1.54, 1.807) is 6.07 Å². The minimum absolute atomic E-state index is 0.136. The van der Waals surface area contributed by atoms with Gasteiger partial charge in [-0.25, -0.2) is 4.39 Å². The number of hydrogen-bond donors (Lipinski definition) is 1. The summed E-state index contributed by atoms with van der Waals surface area (Å²) in [7, 11) is 0. The summed E-state index contributed by atoms with van der Waals surface area (Å²) in [6.45, 7) is 4.28. The van der Waals surface area contributed by atoms with Gasteiger partial charge in [-0.3, -0.25) is 0 Å². The topological polar surface area (TPSA) is 20.7 Å². The molecule has 2 aromatic rings. The predicted octanol–water partition coefficient (Wildman–Crippen LogP) is 5.24. The second kappa shape index (κ2) is 5.41. The van der Waals surface area contributed by atoms with E-state index in [1.807, 2.05) is 0 Å². The molecule has 0 radical (unpaired) electrons. The molecule has 1 aromatic carbocycles. The number of nitrogens with zero attached hydrogens (tertiary/aromatic N) is 1. The summed E-state index contributed by atoms with van der Waals surface area (Å²) < 4.78 is 16.1. The Balaban J connectivity index is 2.66. The van der Waals surface area contributed by atoms with Crippen molar-refractivity contribution in [3.05, 3.63) is 27.7 Å². The molecule has 1 unspecified atom stereocenters. The number of imidazole rings is 1. The van der Waals surface area contributed by atoms with Crippen LogP contribution in [0.15, 0.2) is 12.1 Å². The summed E-state index contributed by atoms with van der Waals surface area (Å²) in [4.78, 5) is 3.05. The maximum Gasteiger partial charge on any atom is 0.178 e. The van der Waals surface area contributed by atoms with Gasteiger partial charge in [0.15, 0.2) is 4.77 Å². The van der Waals surface area contributed by atoms with Crippen molar-refractivity contribution in [1.29, 1.82) is 0 Å². The van der Waals surface area contributed by atoms with Crippen molar-refractivity contribution >= 4 is 34.9 Å². The maximum absolute atomic E-state index is 13.4. The normalized spacial score (nSPS) is 13.1. The van der Waals surface area contributed by atoms with Gasteiger partial charge in [-0.1, -0.05) is 31.9 Å². The average molecular weight is 287 g/mol. The van der Waals surface area contributed by atoms with Gasteiger partial charge in [-0.2, -0.15) is 0 Å². The van der Waals surface area contributed by atoms with Gasteiger partial charge in [-0.15, -0.1) is 0 Å². The molecule has 0 bridgehead atoms. The van der Waals surface area contributed by atoms with Gasteiger partial charge >= 0.3 is 0 Å². The van der Waals surface area contributed by atoms with Crippen molar-refractivity contribution in [3.63, 3.8) is 0 Å². The van der Waals surface area contributed by atoms with Crippen LogP contribution in [0.5, 0.6) is 0 Å². The molecule has 0 aliphatic heterocycles. The second-order valence-electron chi connectivity index (χ2n) is 4.43. The summed E-state index contributed by atoms with van der Waals surface area (Å²) in [6, 6.07) is 3.39. The Labute approximate surface area is 116 Å². The Hall–Kier alpha value is -0.870. The molecule has 1 N–H and O–H groups in total. The third-order valence-electron chi connectivity index (χ3n) is 3.22. The lowest BCUT2D eigenvalue weighted by molar-refractivity contribution is 0.454. The monoisotopic (exact) mass is 286 g/mol. The number of benzene rings is 1. The van der Waals surface area contributed by atoms with Gasteiger partial charge in [0.1, 0.15) is 5.82 Å². The standard InChI is InChI=1S/C13H16ClFN2S/c1-3-5-8(4-2)17-12-6-9(14)10(15)7-11(12)16-13(17)18/h6-8H,3-5H2,1-2H3,(H,16,18).